The maximum absolute atomic E-state index is 10.6. The molecule has 0 saturated heterocycles. The average molecular weight is 266 g/mol. The van der Waals surface area contributed by atoms with E-state index in [-0.39, 0.29) is 5.41 Å². The minimum absolute atomic E-state index is 0.125. The molecule has 0 aromatic heterocycles. The van der Waals surface area contributed by atoms with Gasteiger partial charge < -0.3 is 4.79 Å². The van der Waals surface area contributed by atoms with E-state index in [9.17, 15) is 4.79 Å². The fourth-order valence-electron chi connectivity index (χ4n) is 1.93. The zero-order valence-electron chi connectivity index (χ0n) is 8.75. The van der Waals surface area contributed by atoms with Crippen LogP contribution in [0.25, 0.3) is 0 Å². The molecule has 0 radical (unpaired) electrons. The van der Waals surface area contributed by atoms with Crippen LogP contribution in [0.1, 0.15) is 25.8 Å². The first-order chi connectivity index (χ1) is 7.05. The van der Waals surface area contributed by atoms with Crippen molar-refractivity contribution >= 4 is 33.6 Å². The third kappa shape index (κ3) is 1.65. The summed E-state index contributed by atoms with van der Waals surface area (Å²) in [6.07, 6.45) is 1.33. The highest BCUT2D eigenvalue weighted by Crippen LogP contribution is 2.41. The van der Waals surface area contributed by atoms with E-state index >= 15 is 0 Å². The van der Waals surface area contributed by atoms with Crippen LogP contribution in [0.4, 0.5) is 5.69 Å². The molecule has 2 nitrogen and oxygen atoms in total. The lowest BCUT2D eigenvalue weighted by atomic mass is 9.81. The van der Waals surface area contributed by atoms with Crippen LogP contribution in [0.2, 0.25) is 0 Å². The van der Waals surface area contributed by atoms with Crippen LogP contribution < -0.4 is 0 Å². The van der Waals surface area contributed by atoms with Gasteiger partial charge in [-0.1, -0.05) is 29.8 Å². The first kappa shape index (κ1) is 10.6. The van der Waals surface area contributed by atoms with Gasteiger partial charge in [-0.25, -0.2) is 0 Å². The number of hydrogen-bond acceptors (Lipinski definition) is 2. The van der Waals surface area contributed by atoms with Crippen molar-refractivity contribution in [3.05, 3.63) is 28.2 Å². The Balaban J connectivity index is 2.52. The standard InChI is InChI=1S/C12H12BrNO/c1-12(2)9-7-8(13)3-4-10(9)14-11(12)5-6-15/h3-4,6-7H,5H2,1-2H3. The largest absolute Gasteiger partial charge is 0.303 e. The second kappa shape index (κ2) is 3.56. The SMILES string of the molecule is CC1(C)C(CC=O)=Nc2ccc(Br)cc21. The van der Waals surface area contributed by atoms with E-state index < -0.39 is 0 Å². The smallest absolute Gasteiger partial charge is 0.125 e. The van der Waals surface area contributed by atoms with E-state index in [4.69, 9.17) is 0 Å². The summed E-state index contributed by atoms with van der Waals surface area (Å²) < 4.78 is 1.05. The number of carbonyl (C=O) groups is 1. The molecule has 0 saturated carbocycles. The zero-order valence-corrected chi connectivity index (χ0v) is 10.3. The van der Waals surface area contributed by atoms with Gasteiger partial charge in [-0.15, -0.1) is 0 Å². The molecule has 1 aliphatic rings. The molecular weight excluding hydrogens is 254 g/mol. The van der Waals surface area contributed by atoms with Gasteiger partial charge in [-0.2, -0.15) is 0 Å². The van der Waals surface area contributed by atoms with Gasteiger partial charge in [0.05, 0.1) is 5.69 Å². The van der Waals surface area contributed by atoms with E-state index in [1.54, 1.807) is 0 Å². The predicted octanol–water partition coefficient (Wildman–Crippen LogP) is 3.40. The topological polar surface area (TPSA) is 29.4 Å². The molecule has 0 fully saturated rings. The summed E-state index contributed by atoms with van der Waals surface area (Å²) in [6, 6.07) is 6.04. The Morgan fingerprint density at radius 2 is 2.20 bits per heavy atom. The predicted molar refractivity (Wildman–Crippen MR) is 64.9 cm³/mol. The van der Waals surface area contributed by atoms with Crippen LogP contribution >= 0.6 is 15.9 Å². The quantitative estimate of drug-likeness (QED) is 0.754. The molecule has 0 bridgehead atoms. The molecule has 3 heteroatoms. The summed E-state index contributed by atoms with van der Waals surface area (Å²) in [7, 11) is 0. The molecular formula is C12H12BrNO. The van der Waals surface area contributed by atoms with Gasteiger partial charge >= 0.3 is 0 Å². The first-order valence-corrected chi connectivity index (χ1v) is 5.66. The van der Waals surface area contributed by atoms with Crippen molar-refractivity contribution in [1.29, 1.82) is 0 Å². The third-order valence-corrected chi connectivity index (χ3v) is 3.38. The van der Waals surface area contributed by atoms with Gasteiger partial charge in [0.2, 0.25) is 0 Å². The van der Waals surface area contributed by atoms with Crippen LogP contribution in [0.15, 0.2) is 27.7 Å². The number of hydrogen-bond donors (Lipinski definition) is 0. The number of nitrogens with zero attached hydrogens (tertiary/aromatic N) is 1. The zero-order chi connectivity index (χ0) is 11.1. The van der Waals surface area contributed by atoms with Gasteiger partial charge in [0.25, 0.3) is 0 Å². The highest BCUT2D eigenvalue weighted by atomic mass is 79.9. The van der Waals surface area contributed by atoms with Gasteiger partial charge in [-0.3, -0.25) is 4.99 Å². The van der Waals surface area contributed by atoms with Crippen molar-refractivity contribution in [2.24, 2.45) is 4.99 Å². The normalized spacial score (nSPS) is 17.1. The molecule has 2 rings (SSSR count). The lowest BCUT2D eigenvalue weighted by Crippen LogP contribution is -2.25. The number of halogens is 1. The number of rotatable bonds is 2. The summed E-state index contributed by atoms with van der Waals surface area (Å²) in [5.74, 6) is 0. The minimum Gasteiger partial charge on any atom is -0.303 e. The minimum atomic E-state index is -0.125. The number of fused-ring (bicyclic) bond motifs is 1. The van der Waals surface area contributed by atoms with Crippen LogP contribution in [0.3, 0.4) is 0 Å². The van der Waals surface area contributed by atoms with Crippen molar-refractivity contribution in [3.63, 3.8) is 0 Å². The molecule has 0 unspecified atom stereocenters. The number of aldehydes is 1. The van der Waals surface area contributed by atoms with Crippen molar-refractivity contribution in [1.82, 2.24) is 0 Å². The Bertz CT molecular complexity index is 449. The Labute approximate surface area is 97.5 Å². The van der Waals surface area contributed by atoms with Crippen LogP contribution in [-0.2, 0) is 10.2 Å². The molecule has 15 heavy (non-hydrogen) atoms. The van der Waals surface area contributed by atoms with Crippen molar-refractivity contribution in [2.45, 2.75) is 25.7 Å². The number of benzene rings is 1. The first-order valence-electron chi connectivity index (χ1n) is 4.87. The summed E-state index contributed by atoms with van der Waals surface area (Å²) in [5, 5.41) is 0. The maximum atomic E-state index is 10.6. The molecule has 0 atom stereocenters. The van der Waals surface area contributed by atoms with Crippen molar-refractivity contribution < 1.29 is 4.79 Å². The van der Waals surface area contributed by atoms with E-state index in [1.807, 2.05) is 12.1 Å². The van der Waals surface area contributed by atoms with Crippen LogP contribution in [0.5, 0.6) is 0 Å². The lowest BCUT2D eigenvalue weighted by molar-refractivity contribution is -0.106. The monoisotopic (exact) mass is 265 g/mol. The summed E-state index contributed by atoms with van der Waals surface area (Å²) in [6.45, 7) is 4.21. The molecule has 78 valence electrons. The fourth-order valence-corrected chi connectivity index (χ4v) is 2.29. The maximum Gasteiger partial charge on any atom is 0.125 e. The second-order valence-electron chi connectivity index (χ2n) is 4.22. The number of aliphatic imine (C=N–C) groups is 1. The summed E-state index contributed by atoms with van der Waals surface area (Å²) in [5.41, 5.74) is 3.00. The highest BCUT2D eigenvalue weighted by Gasteiger charge is 2.34. The third-order valence-electron chi connectivity index (χ3n) is 2.89. The second-order valence-corrected chi connectivity index (χ2v) is 5.13. The fraction of sp³-hybridized carbons (Fsp3) is 0.333. The Hall–Kier alpha value is -0.960. The van der Waals surface area contributed by atoms with Crippen LogP contribution in [-0.4, -0.2) is 12.0 Å². The molecule has 0 N–H and O–H groups in total. The van der Waals surface area contributed by atoms with E-state index in [1.165, 1.54) is 5.56 Å². The van der Waals surface area contributed by atoms with Gasteiger partial charge in [0.15, 0.2) is 0 Å². The summed E-state index contributed by atoms with van der Waals surface area (Å²) >= 11 is 3.45. The molecule has 1 heterocycles. The van der Waals surface area contributed by atoms with E-state index in [0.29, 0.717) is 6.42 Å². The van der Waals surface area contributed by atoms with Crippen LogP contribution in [0, 0.1) is 0 Å². The Morgan fingerprint density at radius 3 is 2.87 bits per heavy atom. The Morgan fingerprint density at radius 1 is 1.47 bits per heavy atom. The van der Waals surface area contributed by atoms with E-state index in [2.05, 4.69) is 40.8 Å². The lowest BCUT2D eigenvalue weighted by Gasteiger charge is -2.21. The van der Waals surface area contributed by atoms with Gasteiger partial charge in [0.1, 0.15) is 6.29 Å². The average Bonchev–Trinajstić information content (AvgIpc) is 2.41. The van der Waals surface area contributed by atoms with Crippen molar-refractivity contribution in [2.75, 3.05) is 0 Å². The highest BCUT2D eigenvalue weighted by molar-refractivity contribution is 9.10. The molecule has 1 aliphatic heterocycles. The van der Waals surface area contributed by atoms with E-state index in [0.717, 1.165) is 22.2 Å². The van der Waals surface area contributed by atoms with Crippen molar-refractivity contribution in [3.8, 4) is 0 Å². The summed E-state index contributed by atoms with van der Waals surface area (Å²) in [4.78, 5) is 15.1. The molecule has 1 aromatic carbocycles. The Kier molecular flexibility index (Phi) is 2.51. The molecule has 0 aliphatic carbocycles. The van der Waals surface area contributed by atoms with Gasteiger partial charge in [0, 0.05) is 22.0 Å². The van der Waals surface area contributed by atoms with Gasteiger partial charge in [-0.05, 0) is 23.8 Å². The molecule has 1 aromatic rings. The number of carbonyl (C=O) groups excluding carboxylic acids is 1. The molecule has 0 spiro atoms. The molecule has 0 amide bonds.